The van der Waals surface area contributed by atoms with E-state index in [4.69, 9.17) is 11.6 Å². The first-order chi connectivity index (χ1) is 5.52. The molecule has 0 atom stereocenters. The summed E-state index contributed by atoms with van der Waals surface area (Å²) in [5, 5.41) is 0.282. The number of hydrogen-bond acceptors (Lipinski definition) is 2. The van der Waals surface area contributed by atoms with E-state index in [1.165, 1.54) is 13.0 Å². The topological polar surface area (TPSA) is 49.9 Å². The predicted octanol–water partition coefficient (Wildman–Crippen LogP) is 1.54. The summed E-state index contributed by atoms with van der Waals surface area (Å²) in [6, 6.07) is 1.49. The molecule has 1 aromatic heterocycles. The van der Waals surface area contributed by atoms with Crippen molar-refractivity contribution < 1.29 is 4.79 Å². The van der Waals surface area contributed by atoms with Crippen LogP contribution in [0.4, 0.5) is 0 Å². The Balaban J connectivity index is 3.43. The van der Waals surface area contributed by atoms with E-state index < -0.39 is 5.56 Å². The summed E-state index contributed by atoms with van der Waals surface area (Å²) in [4.78, 5) is 24.3. The molecular weight excluding hydrogens is 178 g/mol. The molecule has 1 aromatic rings. The second-order valence-corrected chi connectivity index (χ2v) is 2.94. The van der Waals surface area contributed by atoms with Gasteiger partial charge in [0.25, 0.3) is 5.56 Å². The first-order valence-corrected chi connectivity index (χ1v) is 3.80. The van der Waals surface area contributed by atoms with E-state index in [9.17, 15) is 9.59 Å². The number of rotatable bonds is 1. The summed E-state index contributed by atoms with van der Waals surface area (Å²) in [7, 11) is 0. The van der Waals surface area contributed by atoms with E-state index in [0.29, 0.717) is 5.56 Å². The highest BCUT2D eigenvalue weighted by Crippen LogP contribution is 2.09. The molecule has 1 N–H and O–H groups in total. The van der Waals surface area contributed by atoms with Crippen LogP contribution in [0.1, 0.15) is 22.8 Å². The largest absolute Gasteiger partial charge is 0.312 e. The molecule has 0 unspecified atom stereocenters. The average Bonchev–Trinajstić information content (AvgIpc) is 1.96. The van der Waals surface area contributed by atoms with E-state index in [1.54, 1.807) is 6.92 Å². The molecule has 0 amide bonds. The summed E-state index contributed by atoms with van der Waals surface area (Å²) in [6.07, 6.45) is 0. The van der Waals surface area contributed by atoms with E-state index in [0.717, 1.165) is 0 Å². The van der Waals surface area contributed by atoms with Gasteiger partial charge in [-0.2, -0.15) is 0 Å². The van der Waals surface area contributed by atoms with Gasteiger partial charge in [0.15, 0.2) is 5.78 Å². The van der Waals surface area contributed by atoms with Crippen molar-refractivity contribution in [2.24, 2.45) is 0 Å². The van der Waals surface area contributed by atoms with Gasteiger partial charge < -0.3 is 4.98 Å². The molecule has 1 heterocycles. The number of ketones is 1. The fraction of sp³-hybridized carbons (Fsp3) is 0.250. The Morgan fingerprint density at radius 2 is 2.17 bits per heavy atom. The Morgan fingerprint density at radius 1 is 1.58 bits per heavy atom. The predicted molar refractivity (Wildman–Crippen MR) is 46.8 cm³/mol. The van der Waals surface area contributed by atoms with Gasteiger partial charge in [0.1, 0.15) is 5.15 Å². The molecule has 0 aromatic carbocycles. The summed E-state index contributed by atoms with van der Waals surface area (Å²) < 4.78 is 0. The lowest BCUT2D eigenvalue weighted by atomic mass is 10.1. The Labute approximate surface area is 74.4 Å². The average molecular weight is 186 g/mol. The number of halogens is 1. The number of aromatic amines is 1. The van der Waals surface area contributed by atoms with Gasteiger partial charge in [0.2, 0.25) is 0 Å². The number of carbonyl (C=O) groups excluding carboxylic acids is 1. The number of aryl methyl sites for hydroxylation is 1. The summed E-state index contributed by atoms with van der Waals surface area (Å²) in [5.41, 5.74) is 0.413. The maximum absolute atomic E-state index is 11.1. The zero-order valence-electron chi connectivity index (χ0n) is 6.77. The van der Waals surface area contributed by atoms with Gasteiger partial charge in [-0.3, -0.25) is 9.59 Å². The van der Waals surface area contributed by atoms with Crippen molar-refractivity contribution in [2.75, 3.05) is 0 Å². The summed E-state index contributed by atoms with van der Waals surface area (Å²) in [6.45, 7) is 3.07. The highest BCUT2D eigenvalue weighted by atomic mass is 35.5. The second-order valence-electron chi connectivity index (χ2n) is 2.57. The standard InChI is InChI=1S/C8H8ClNO2/c1-4-3-6(5(2)11)8(12)10-7(4)9/h3H,1-2H3,(H,10,12). The maximum Gasteiger partial charge on any atom is 0.259 e. The molecule has 4 heteroatoms. The van der Waals surface area contributed by atoms with Crippen LogP contribution in [0.3, 0.4) is 0 Å². The van der Waals surface area contributed by atoms with Crippen LogP contribution in [0.25, 0.3) is 0 Å². The molecule has 0 bridgehead atoms. The maximum atomic E-state index is 11.1. The molecule has 0 aliphatic heterocycles. The third-order valence-corrected chi connectivity index (χ3v) is 1.95. The molecule has 0 saturated carbocycles. The molecular formula is C8H8ClNO2. The molecule has 1 rings (SSSR count). The molecule has 0 radical (unpaired) electrons. The Hall–Kier alpha value is -1.09. The minimum absolute atomic E-state index is 0.150. The van der Waals surface area contributed by atoms with Gasteiger partial charge in [0.05, 0.1) is 5.56 Å². The number of nitrogens with one attached hydrogen (secondary N) is 1. The van der Waals surface area contributed by atoms with Crippen LogP contribution in [0.15, 0.2) is 10.9 Å². The van der Waals surface area contributed by atoms with Gasteiger partial charge in [-0.15, -0.1) is 0 Å². The van der Waals surface area contributed by atoms with Crippen LogP contribution in [-0.2, 0) is 0 Å². The molecule has 0 fully saturated rings. The number of hydrogen-bond donors (Lipinski definition) is 1. The fourth-order valence-corrected chi connectivity index (χ4v) is 1.01. The van der Waals surface area contributed by atoms with Crippen LogP contribution >= 0.6 is 11.6 Å². The van der Waals surface area contributed by atoms with Crippen molar-refractivity contribution >= 4 is 17.4 Å². The summed E-state index contributed by atoms with van der Waals surface area (Å²) >= 11 is 5.62. The van der Waals surface area contributed by atoms with Crippen LogP contribution in [-0.4, -0.2) is 10.8 Å². The van der Waals surface area contributed by atoms with Crippen LogP contribution in [0, 0.1) is 6.92 Å². The SMILES string of the molecule is CC(=O)c1cc(C)c(Cl)[nH]c1=O. The minimum Gasteiger partial charge on any atom is -0.312 e. The molecule has 0 spiro atoms. The smallest absolute Gasteiger partial charge is 0.259 e. The Morgan fingerprint density at radius 3 is 2.67 bits per heavy atom. The van der Waals surface area contributed by atoms with Gasteiger partial charge in [0, 0.05) is 0 Å². The number of carbonyl (C=O) groups is 1. The quantitative estimate of drug-likeness (QED) is 0.533. The first-order valence-electron chi connectivity index (χ1n) is 3.42. The van der Waals surface area contributed by atoms with E-state index in [2.05, 4.69) is 4.98 Å². The molecule has 0 aliphatic carbocycles. The van der Waals surface area contributed by atoms with Gasteiger partial charge in [-0.1, -0.05) is 11.6 Å². The normalized spacial score (nSPS) is 9.92. The van der Waals surface area contributed by atoms with Gasteiger partial charge in [-0.05, 0) is 25.5 Å². The zero-order valence-corrected chi connectivity index (χ0v) is 7.53. The van der Waals surface area contributed by atoms with Crippen LogP contribution in [0.2, 0.25) is 5.15 Å². The van der Waals surface area contributed by atoms with Crippen molar-refractivity contribution in [1.29, 1.82) is 0 Å². The zero-order chi connectivity index (χ0) is 9.30. The third-order valence-electron chi connectivity index (χ3n) is 1.55. The molecule has 3 nitrogen and oxygen atoms in total. The number of pyridine rings is 1. The van der Waals surface area contributed by atoms with E-state index in [-0.39, 0.29) is 16.5 Å². The first kappa shape index (κ1) is 9.00. The minimum atomic E-state index is -0.432. The highest BCUT2D eigenvalue weighted by molar-refractivity contribution is 6.30. The lowest BCUT2D eigenvalue weighted by molar-refractivity contribution is 0.101. The van der Waals surface area contributed by atoms with E-state index >= 15 is 0 Å². The molecule has 0 aliphatic rings. The number of Topliss-reactive ketones (excluding diaryl/α,β-unsaturated/α-hetero) is 1. The lowest BCUT2D eigenvalue weighted by Gasteiger charge is -1.98. The Bertz CT molecular complexity index is 381. The van der Waals surface area contributed by atoms with Crippen LogP contribution in [0.5, 0.6) is 0 Å². The van der Waals surface area contributed by atoms with Gasteiger partial charge >= 0.3 is 0 Å². The molecule has 12 heavy (non-hydrogen) atoms. The van der Waals surface area contributed by atoms with Gasteiger partial charge in [-0.25, -0.2) is 0 Å². The fourth-order valence-electron chi connectivity index (χ4n) is 0.873. The number of aromatic nitrogens is 1. The molecule has 0 saturated heterocycles. The Kier molecular flexibility index (Phi) is 2.33. The lowest BCUT2D eigenvalue weighted by Crippen LogP contribution is -2.16. The van der Waals surface area contributed by atoms with Crippen LogP contribution < -0.4 is 5.56 Å². The van der Waals surface area contributed by atoms with Crippen molar-refractivity contribution in [1.82, 2.24) is 4.98 Å². The molecule has 64 valence electrons. The van der Waals surface area contributed by atoms with Crippen molar-refractivity contribution in [3.63, 3.8) is 0 Å². The highest BCUT2D eigenvalue weighted by Gasteiger charge is 2.07. The van der Waals surface area contributed by atoms with Crippen molar-refractivity contribution in [3.8, 4) is 0 Å². The monoisotopic (exact) mass is 185 g/mol. The van der Waals surface area contributed by atoms with E-state index in [1.807, 2.05) is 0 Å². The number of H-pyrrole nitrogens is 1. The second kappa shape index (κ2) is 3.11. The summed E-state index contributed by atoms with van der Waals surface area (Å²) in [5.74, 6) is -0.254. The third kappa shape index (κ3) is 1.56. The van der Waals surface area contributed by atoms with Crippen molar-refractivity contribution in [3.05, 3.63) is 32.7 Å². The van der Waals surface area contributed by atoms with Crippen molar-refractivity contribution in [2.45, 2.75) is 13.8 Å².